The van der Waals surface area contributed by atoms with Gasteiger partial charge in [-0.2, -0.15) is 5.10 Å². The molecule has 1 heterocycles. The summed E-state index contributed by atoms with van der Waals surface area (Å²) < 4.78 is 1.94. The van der Waals surface area contributed by atoms with Crippen molar-refractivity contribution >= 4 is 41.7 Å². The lowest BCUT2D eigenvalue weighted by molar-refractivity contribution is 0.570. The van der Waals surface area contributed by atoms with Crippen LogP contribution in [0.2, 0.25) is 0 Å². The van der Waals surface area contributed by atoms with Crippen LogP contribution in [0.5, 0.6) is 0 Å². The van der Waals surface area contributed by atoms with E-state index in [9.17, 15) is 0 Å². The minimum atomic E-state index is 0. The van der Waals surface area contributed by atoms with Gasteiger partial charge in [0.1, 0.15) is 0 Å². The first-order chi connectivity index (χ1) is 10.9. The molecule has 2 aromatic rings. The maximum atomic E-state index is 4.23. The Morgan fingerprint density at radius 3 is 2.65 bits per heavy atom. The van der Waals surface area contributed by atoms with Gasteiger partial charge in [-0.15, -0.1) is 35.7 Å². The van der Waals surface area contributed by atoms with Gasteiger partial charge in [0.2, 0.25) is 0 Å². The second kappa shape index (κ2) is 12.2. The fourth-order valence-electron chi connectivity index (χ4n) is 1.96. The predicted molar refractivity (Wildman–Crippen MR) is 109 cm³/mol. The second-order valence-electron chi connectivity index (χ2n) is 4.71. The van der Waals surface area contributed by atoms with E-state index in [1.165, 1.54) is 4.90 Å². The van der Waals surface area contributed by atoms with Crippen LogP contribution in [-0.2, 0) is 6.54 Å². The molecule has 7 heteroatoms. The normalized spacial score (nSPS) is 10.9. The molecule has 0 radical (unpaired) electrons. The van der Waals surface area contributed by atoms with E-state index < -0.39 is 0 Å². The average Bonchev–Trinajstić information content (AvgIpc) is 3.08. The van der Waals surface area contributed by atoms with Gasteiger partial charge in [0.25, 0.3) is 0 Å². The Morgan fingerprint density at radius 1 is 1.17 bits per heavy atom. The highest BCUT2D eigenvalue weighted by atomic mass is 127. The number of nitrogens with one attached hydrogen (secondary N) is 2. The van der Waals surface area contributed by atoms with Crippen molar-refractivity contribution in [3.05, 3.63) is 48.8 Å². The van der Waals surface area contributed by atoms with Crippen LogP contribution in [0.25, 0.3) is 0 Å². The Hall–Kier alpha value is -1.22. The molecule has 0 saturated carbocycles. The summed E-state index contributed by atoms with van der Waals surface area (Å²) >= 11 is 1.84. The predicted octanol–water partition coefficient (Wildman–Crippen LogP) is 2.85. The third kappa shape index (κ3) is 8.26. The number of aryl methyl sites for hydroxylation is 1. The molecule has 0 bridgehead atoms. The first kappa shape index (κ1) is 19.8. The third-order valence-electron chi connectivity index (χ3n) is 3.05. The van der Waals surface area contributed by atoms with E-state index in [4.69, 9.17) is 0 Å². The Kier molecular flexibility index (Phi) is 10.5. The Balaban J connectivity index is 0.00000264. The number of benzene rings is 1. The molecule has 0 atom stereocenters. The molecule has 23 heavy (non-hydrogen) atoms. The van der Waals surface area contributed by atoms with E-state index in [1.807, 2.05) is 34.8 Å². The number of thioether (sulfide) groups is 1. The van der Waals surface area contributed by atoms with E-state index in [0.717, 1.165) is 37.8 Å². The van der Waals surface area contributed by atoms with Gasteiger partial charge in [-0.1, -0.05) is 18.2 Å². The molecule has 2 N–H and O–H groups in total. The van der Waals surface area contributed by atoms with Gasteiger partial charge >= 0.3 is 0 Å². The van der Waals surface area contributed by atoms with Crippen molar-refractivity contribution in [2.24, 2.45) is 4.99 Å². The van der Waals surface area contributed by atoms with Crippen LogP contribution >= 0.6 is 35.7 Å². The van der Waals surface area contributed by atoms with Gasteiger partial charge in [-0.25, -0.2) is 0 Å². The molecule has 2 rings (SSSR count). The summed E-state index contributed by atoms with van der Waals surface area (Å²) in [5.41, 5.74) is 0. The molecule has 1 aromatic heterocycles. The largest absolute Gasteiger partial charge is 0.356 e. The topological polar surface area (TPSA) is 54.2 Å². The number of nitrogens with zero attached hydrogens (tertiary/aromatic N) is 3. The van der Waals surface area contributed by atoms with Gasteiger partial charge in [0, 0.05) is 49.7 Å². The summed E-state index contributed by atoms with van der Waals surface area (Å²) in [5, 5.41) is 10.8. The zero-order chi connectivity index (χ0) is 15.5. The first-order valence-corrected chi connectivity index (χ1v) is 8.47. The maximum Gasteiger partial charge on any atom is 0.191 e. The van der Waals surface area contributed by atoms with Crippen LogP contribution in [0, 0.1) is 0 Å². The van der Waals surface area contributed by atoms with Crippen LogP contribution in [0.1, 0.15) is 6.42 Å². The third-order valence-corrected chi connectivity index (χ3v) is 4.06. The summed E-state index contributed by atoms with van der Waals surface area (Å²) in [6.45, 7) is 2.69. The number of halogens is 1. The van der Waals surface area contributed by atoms with Crippen LogP contribution in [0.15, 0.2) is 58.7 Å². The first-order valence-electron chi connectivity index (χ1n) is 7.48. The zero-order valence-electron chi connectivity index (χ0n) is 13.3. The van der Waals surface area contributed by atoms with Crippen LogP contribution < -0.4 is 10.6 Å². The SMILES string of the molecule is CN=C(NCCCn1cccn1)NCCSc1ccccc1.I. The molecule has 1 aromatic carbocycles. The number of aliphatic imine (C=N–C) groups is 1. The van der Waals surface area contributed by atoms with Crippen molar-refractivity contribution in [1.82, 2.24) is 20.4 Å². The summed E-state index contributed by atoms with van der Waals surface area (Å²) in [6, 6.07) is 12.4. The summed E-state index contributed by atoms with van der Waals surface area (Å²) in [6.07, 6.45) is 4.80. The molecular formula is C16H24IN5S. The fraction of sp³-hybridized carbons (Fsp3) is 0.375. The van der Waals surface area contributed by atoms with Gasteiger partial charge < -0.3 is 10.6 Å². The van der Waals surface area contributed by atoms with Gasteiger partial charge in [-0.3, -0.25) is 9.67 Å². The number of hydrogen-bond donors (Lipinski definition) is 2. The number of aromatic nitrogens is 2. The summed E-state index contributed by atoms with van der Waals surface area (Å²) in [4.78, 5) is 5.53. The molecule has 0 spiro atoms. The molecule has 0 saturated heterocycles. The van der Waals surface area contributed by atoms with Gasteiger partial charge in [0.15, 0.2) is 5.96 Å². The summed E-state index contributed by atoms with van der Waals surface area (Å²) in [7, 11) is 1.80. The Morgan fingerprint density at radius 2 is 1.96 bits per heavy atom. The standard InChI is InChI=1S/C16H23N5S.HI/c1-17-16(18-9-5-12-21-13-6-10-20-21)19-11-14-22-15-7-3-2-4-8-15;/h2-4,6-8,10,13H,5,9,11-12,14H2,1H3,(H2,17,18,19);1H. The maximum absolute atomic E-state index is 4.23. The summed E-state index contributed by atoms with van der Waals surface area (Å²) in [5.74, 6) is 1.87. The van der Waals surface area contributed by atoms with E-state index >= 15 is 0 Å². The molecule has 0 aliphatic rings. The molecular weight excluding hydrogens is 421 g/mol. The lowest BCUT2D eigenvalue weighted by Gasteiger charge is -2.11. The van der Waals surface area contributed by atoms with Crippen molar-refractivity contribution in [2.45, 2.75) is 17.9 Å². The van der Waals surface area contributed by atoms with E-state index in [1.54, 1.807) is 13.2 Å². The monoisotopic (exact) mass is 445 g/mol. The second-order valence-corrected chi connectivity index (χ2v) is 5.88. The quantitative estimate of drug-likeness (QED) is 0.216. The van der Waals surface area contributed by atoms with E-state index in [-0.39, 0.29) is 24.0 Å². The van der Waals surface area contributed by atoms with Crippen molar-refractivity contribution < 1.29 is 0 Å². The minimum absolute atomic E-state index is 0. The fourth-order valence-corrected chi connectivity index (χ4v) is 2.75. The average molecular weight is 445 g/mol. The minimum Gasteiger partial charge on any atom is -0.356 e. The molecule has 5 nitrogen and oxygen atoms in total. The highest BCUT2D eigenvalue weighted by Gasteiger charge is 1.98. The zero-order valence-corrected chi connectivity index (χ0v) is 16.5. The lowest BCUT2D eigenvalue weighted by atomic mass is 10.4. The highest BCUT2D eigenvalue weighted by Crippen LogP contribution is 2.15. The van der Waals surface area contributed by atoms with Gasteiger partial charge in [0.05, 0.1) is 0 Å². The smallest absolute Gasteiger partial charge is 0.191 e. The van der Waals surface area contributed by atoms with Crippen molar-refractivity contribution in [1.29, 1.82) is 0 Å². The van der Waals surface area contributed by atoms with Crippen LogP contribution in [-0.4, -0.2) is 41.6 Å². The van der Waals surface area contributed by atoms with E-state index in [2.05, 4.69) is 45.0 Å². The van der Waals surface area contributed by atoms with Crippen molar-refractivity contribution in [3.8, 4) is 0 Å². The number of rotatable bonds is 8. The number of hydrogen-bond acceptors (Lipinski definition) is 3. The Labute approximate surface area is 159 Å². The van der Waals surface area contributed by atoms with Crippen LogP contribution in [0.4, 0.5) is 0 Å². The number of guanidine groups is 1. The lowest BCUT2D eigenvalue weighted by Crippen LogP contribution is -2.39. The Bertz CT molecular complexity index is 545. The van der Waals surface area contributed by atoms with Gasteiger partial charge in [-0.05, 0) is 24.6 Å². The molecule has 0 aliphatic carbocycles. The van der Waals surface area contributed by atoms with Crippen molar-refractivity contribution in [3.63, 3.8) is 0 Å². The molecule has 0 amide bonds. The molecule has 0 aliphatic heterocycles. The van der Waals surface area contributed by atoms with Crippen LogP contribution in [0.3, 0.4) is 0 Å². The molecule has 126 valence electrons. The molecule has 0 fully saturated rings. The molecule has 0 unspecified atom stereocenters. The van der Waals surface area contributed by atoms with E-state index in [0.29, 0.717) is 0 Å². The highest BCUT2D eigenvalue weighted by molar-refractivity contribution is 14.0. The van der Waals surface area contributed by atoms with Crippen molar-refractivity contribution in [2.75, 3.05) is 25.9 Å².